The maximum Gasteiger partial charge on any atom is 0.284 e. The van der Waals surface area contributed by atoms with Gasteiger partial charge in [-0.05, 0) is 37.5 Å². The van der Waals surface area contributed by atoms with Crippen molar-refractivity contribution in [2.24, 2.45) is 5.41 Å². The topological polar surface area (TPSA) is 77.5 Å². The van der Waals surface area contributed by atoms with Crippen LogP contribution in [0.5, 0.6) is 0 Å². The second-order valence-electron chi connectivity index (χ2n) is 10.1. The van der Waals surface area contributed by atoms with Crippen LogP contribution >= 0.6 is 0 Å². The Hall–Kier alpha value is -1.01. The first-order valence-corrected chi connectivity index (χ1v) is 14.3. The molecule has 186 valence electrons. The quantitative estimate of drug-likeness (QED) is 0.0964. The Bertz CT molecular complexity index is 658. The van der Waals surface area contributed by atoms with E-state index in [1.165, 1.54) is 57.8 Å². The lowest BCUT2D eigenvalue weighted by Crippen LogP contribution is -2.46. The van der Waals surface area contributed by atoms with Gasteiger partial charge >= 0.3 is 0 Å². The normalized spacial score (nSPS) is 17.5. The van der Waals surface area contributed by atoms with Crippen LogP contribution in [0.4, 0.5) is 0 Å². The predicted molar refractivity (Wildman–Crippen MR) is 131 cm³/mol. The number of carbonyl (C=O) groups excluding carboxylic acids is 2. The molecule has 1 rings (SSSR count). The van der Waals surface area contributed by atoms with Gasteiger partial charge in [0.25, 0.3) is 10.1 Å². The van der Waals surface area contributed by atoms with E-state index in [2.05, 4.69) is 19.1 Å². The zero-order valence-electron chi connectivity index (χ0n) is 20.7. The molecule has 1 saturated carbocycles. The fourth-order valence-corrected chi connectivity index (χ4v) is 5.58. The molecule has 0 aliphatic heterocycles. The lowest BCUT2D eigenvalue weighted by molar-refractivity contribution is -0.132. The molecule has 1 aliphatic rings. The second kappa shape index (κ2) is 15.8. The van der Waals surface area contributed by atoms with Crippen molar-refractivity contribution >= 4 is 21.7 Å². The van der Waals surface area contributed by atoms with E-state index < -0.39 is 32.3 Å². The predicted octanol–water partition coefficient (Wildman–Crippen LogP) is 6.70. The molecule has 0 spiro atoms. The number of unbranched alkanes of at least 4 members (excludes halogenated alkanes) is 12. The highest BCUT2D eigenvalue weighted by atomic mass is 32.2. The first-order valence-electron chi connectivity index (χ1n) is 12.8. The average molecular weight is 471 g/mol. The lowest BCUT2D eigenvalue weighted by atomic mass is 9.76. The third-order valence-corrected chi connectivity index (χ3v) is 7.68. The van der Waals surface area contributed by atoms with Crippen molar-refractivity contribution in [1.82, 2.24) is 0 Å². The maximum atomic E-state index is 12.3. The fraction of sp³-hybridized carbons (Fsp3) is 0.846. The molecule has 6 heteroatoms. The summed E-state index contributed by atoms with van der Waals surface area (Å²) in [4.78, 5) is 24.3. The van der Waals surface area contributed by atoms with Crippen molar-refractivity contribution in [2.45, 2.75) is 129 Å². The van der Waals surface area contributed by atoms with Crippen molar-refractivity contribution in [3.05, 3.63) is 12.2 Å². The van der Waals surface area contributed by atoms with E-state index in [1.54, 1.807) is 13.8 Å². The third kappa shape index (κ3) is 12.3. The Balaban J connectivity index is 2.02. The Morgan fingerprint density at radius 3 is 1.72 bits per heavy atom. The van der Waals surface area contributed by atoms with Crippen molar-refractivity contribution in [3.8, 4) is 0 Å². The molecular weight excluding hydrogens is 424 g/mol. The Morgan fingerprint density at radius 2 is 1.22 bits per heavy atom. The number of rotatable bonds is 18. The van der Waals surface area contributed by atoms with Gasteiger partial charge in [-0.15, -0.1) is 0 Å². The molecule has 0 unspecified atom stereocenters. The zero-order chi connectivity index (χ0) is 23.9. The summed E-state index contributed by atoms with van der Waals surface area (Å²) in [7, 11) is -4.16. The van der Waals surface area contributed by atoms with Crippen molar-refractivity contribution in [2.75, 3.05) is 6.61 Å². The maximum absolute atomic E-state index is 12.3. The highest BCUT2D eigenvalue weighted by molar-refractivity contribution is 7.89. The molecule has 32 heavy (non-hydrogen) atoms. The fourth-order valence-electron chi connectivity index (χ4n) is 4.29. The number of hydrogen-bond donors (Lipinski definition) is 0. The smallest absolute Gasteiger partial charge is 0.284 e. The van der Waals surface area contributed by atoms with Crippen molar-refractivity contribution < 1.29 is 22.2 Å². The van der Waals surface area contributed by atoms with Gasteiger partial charge in [-0.25, -0.2) is 0 Å². The molecule has 0 aromatic carbocycles. The molecule has 5 nitrogen and oxygen atoms in total. The summed E-state index contributed by atoms with van der Waals surface area (Å²) in [5, 5.41) is -1.62. The van der Waals surface area contributed by atoms with E-state index in [1.807, 2.05) is 0 Å². The van der Waals surface area contributed by atoms with Gasteiger partial charge in [0, 0.05) is 12.8 Å². The van der Waals surface area contributed by atoms with Crippen LogP contribution in [0.1, 0.15) is 124 Å². The van der Waals surface area contributed by atoms with E-state index in [0.29, 0.717) is 6.42 Å². The average Bonchev–Trinajstić information content (AvgIpc) is 2.68. The summed E-state index contributed by atoms with van der Waals surface area (Å²) in [6.07, 6.45) is 21.3. The number of allylic oxidation sites excluding steroid dienone is 2. The van der Waals surface area contributed by atoms with Crippen LogP contribution in [0, 0.1) is 5.41 Å². The van der Waals surface area contributed by atoms with Gasteiger partial charge in [0.2, 0.25) is 5.25 Å². The van der Waals surface area contributed by atoms with E-state index in [9.17, 15) is 18.0 Å². The zero-order valence-corrected chi connectivity index (χ0v) is 21.5. The van der Waals surface area contributed by atoms with Gasteiger partial charge < -0.3 is 0 Å². The van der Waals surface area contributed by atoms with Crippen LogP contribution in [0.25, 0.3) is 0 Å². The third-order valence-electron chi connectivity index (χ3n) is 6.08. The Labute approximate surface area is 196 Å². The van der Waals surface area contributed by atoms with E-state index >= 15 is 0 Å². The van der Waals surface area contributed by atoms with Gasteiger partial charge in [-0.1, -0.05) is 90.7 Å². The molecule has 0 bridgehead atoms. The molecule has 0 aromatic heterocycles. The first-order chi connectivity index (χ1) is 15.2. The molecule has 1 fully saturated rings. The minimum atomic E-state index is -4.16. The standard InChI is InChI=1S/C26H46O5S/c1-4-5-6-7-8-9-10-11-12-13-14-15-16-17-18-19-20-31-32(29,30)25-23(27)21-26(2,3)22-24(25)28/h11-12,25H,4-10,13-22H2,1-3H3/b12-11-. The van der Waals surface area contributed by atoms with E-state index in [-0.39, 0.29) is 19.4 Å². The molecule has 0 N–H and O–H groups in total. The molecule has 0 heterocycles. The molecule has 0 saturated heterocycles. The van der Waals surface area contributed by atoms with E-state index in [0.717, 1.165) is 25.7 Å². The number of hydrogen-bond acceptors (Lipinski definition) is 5. The number of Topliss-reactive ketones (excluding diaryl/α,β-unsaturated/α-hetero) is 2. The molecular formula is C26H46O5S. The van der Waals surface area contributed by atoms with Gasteiger partial charge in [0.05, 0.1) is 6.61 Å². The summed E-state index contributed by atoms with van der Waals surface area (Å²) >= 11 is 0. The number of carbonyl (C=O) groups is 2. The summed E-state index contributed by atoms with van der Waals surface area (Å²) < 4.78 is 29.6. The molecule has 0 radical (unpaired) electrons. The first kappa shape index (κ1) is 29.0. The largest absolute Gasteiger partial charge is 0.298 e. The van der Waals surface area contributed by atoms with Gasteiger partial charge in [-0.2, -0.15) is 8.42 Å². The van der Waals surface area contributed by atoms with Crippen LogP contribution in [-0.4, -0.2) is 31.8 Å². The lowest BCUT2D eigenvalue weighted by Gasteiger charge is -2.31. The molecule has 0 aromatic rings. The summed E-state index contributed by atoms with van der Waals surface area (Å²) in [5.41, 5.74) is -0.468. The van der Waals surface area contributed by atoms with Crippen molar-refractivity contribution in [1.29, 1.82) is 0 Å². The number of ketones is 2. The van der Waals surface area contributed by atoms with Crippen LogP contribution < -0.4 is 0 Å². The van der Waals surface area contributed by atoms with Crippen LogP contribution in [0.2, 0.25) is 0 Å². The monoisotopic (exact) mass is 470 g/mol. The minimum absolute atomic E-state index is 0.0456. The minimum Gasteiger partial charge on any atom is -0.298 e. The highest BCUT2D eigenvalue weighted by Gasteiger charge is 2.47. The van der Waals surface area contributed by atoms with Crippen LogP contribution in [-0.2, 0) is 23.9 Å². The highest BCUT2D eigenvalue weighted by Crippen LogP contribution is 2.34. The van der Waals surface area contributed by atoms with Crippen LogP contribution in [0.15, 0.2) is 12.2 Å². The Morgan fingerprint density at radius 1 is 0.781 bits per heavy atom. The van der Waals surface area contributed by atoms with Gasteiger partial charge in [0.1, 0.15) is 0 Å². The van der Waals surface area contributed by atoms with Crippen LogP contribution in [0.3, 0.4) is 0 Å². The second-order valence-corrected chi connectivity index (χ2v) is 11.8. The Kier molecular flexibility index (Phi) is 14.3. The summed E-state index contributed by atoms with van der Waals surface area (Å²) in [6.45, 7) is 5.90. The summed E-state index contributed by atoms with van der Waals surface area (Å²) in [6, 6.07) is 0. The molecule has 1 aliphatic carbocycles. The van der Waals surface area contributed by atoms with Crippen molar-refractivity contribution in [3.63, 3.8) is 0 Å². The van der Waals surface area contributed by atoms with Gasteiger partial charge in [0.15, 0.2) is 11.6 Å². The molecule has 0 amide bonds. The summed E-state index contributed by atoms with van der Waals surface area (Å²) in [5.74, 6) is -1.07. The van der Waals surface area contributed by atoms with Gasteiger partial charge in [-0.3, -0.25) is 13.8 Å². The molecule has 0 atom stereocenters. The van der Waals surface area contributed by atoms with E-state index in [4.69, 9.17) is 4.18 Å². The SMILES string of the molecule is CCCCCCCC/C=C\CCCCCCCCOS(=O)(=O)C1C(=O)CC(C)(C)CC1=O.